The fourth-order valence-electron chi connectivity index (χ4n) is 1.36. The maximum atomic E-state index is 5.07. The third-order valence-corrected chi connectivity index (χ3v) is 3.65. The van der Waals surface area contributed by atoms with Crippen LogP contribution < -0.4 is 5.32 Å². The van der Waals surface area contributed by atoms with Crippen LogP contribution in [0.3, 0.4) is 0 Å². The first-order chi connectivity index (χ1) is 6.25. The fraction of sp³-hybridized carbons (Fsp3) is 0.300. The average Bonchev–Trinajstić information content (AvgIpc) is 2.53. The lowest BCUT2D eigenvalue weighted by Crippen LogP contribution is -2.11. The molecule has 1 fully saturated rings. The Kier molecular flexibility index (Phi) is 2.56. The molecular weight excluding hydrogens is 198 g/mol. The van der Waals surface area contributed by atoms with Crippen molar-refractivity contribution in [2.24, 2.45) is 0 Å². The standard InChI is InChI=1S/C10H11NS2/c1-7-2-4-8(5-3-7)9-6-11-10(12)13-9/h2-5,9H,6H2,1H3,(H,11,12)/t9-/m1/s1. The Morgan fingerprint density at radius 2 is 2.08 bits per heavy atom. The SMILES string of the molecule is Cc1ccc([C@H]2CNC(=S)S2)cc1. The van der Waals surface area contributed by atoms with E-state index < -0.39 is 0 Å². The molecule has 0 amide bonds. The molecule has 1 saturated heterocycles. The molecule has 13 heavy (non-hydrogen) atoms. The maximum absolute atomic E-state index is 5.07. The van der Waals surface area contributed by atoms with E-state index in [-0.39, 0.29) is 0 Å². The average molecular weight is 209 g/mol. The molecule has 0 aliphatic carbocycles. The van der Waals surface area contributed by atoms with Crippen LogP contribution in [-0.2, 0) is 0 Å². The molecular formula is C10H11NS2. The Balaban J connectivity index is 2.17. The van der Waals surface area contributed by atoms with Crippen molar-refractivity contribution in [1.29, 1.82) is 0 Å². The van der Waals surface area contributed by atoms with E-state index in [9.17, 15) is 0 Å². The van der Waals surface area contributed by atoms with Crippen LogP contribution in [0, 0.1) is 6.92 Å². The van der Waals surface area contributed by atoms with Crippen LogP contribution in [0.1, 0.15) is 16.4 Å². The second kappa shape index (κ2) is 3.68. The van der Waals surface area contributed by atoms with Crippen molar-refractivity contribution >= 4 is 28.3 Å². The monoisotopic (exact) mass is 209 g/mol. The predicted octanol–water partition coefficient (Wildman–Crippen LogP) is 2.66. The Bertz CT molecular complexity index is 318. The molecule has 1 aromatic carbocycles. The summed E-state index contributed by atoms with van der Waals surface area (Å²) in [5, 5.41) is 3.68. The van der Waals surface area contributed by atoms with Gasteiger partial charge in [0.2, 0.25) is 0 Å². The van der Waals surface area contributed by atoms with Crippen molar-refractivity contribution in [2.45, 2.75) is 12.2 Å². The topological polar surface area (TPSA) is 12.0 Å². The zero-order chi connectivity index (χ0) is 9.26. The number of hydrogen-bond acceptors (Lipinski definition) is 2. The van der Waals surface area contributed by atoms with E-state index in [0.717, 1.165) is 10.9 Å². The van der Waals surface area contributed by atoms with Crippen molar-refractivity contribution in [3.63, 3.8) is 0 Å². The van der Waals surface area contributed by atoms with E-state index in [1.165, 1.54) is 11.1 Å². The van der Waals surface area contributed by atoms with Gasteiger partial charge in [-0.3, -0.25) is 0 Å². The highest BCUT2D eigenvalue weighted by atomic mass is 32.2. The molecule has 1 nitrogen and oxygen atoms in total. The molecule has 1 aliphatic heterocycles. The fourth-order valence-corrected chi connectivity index (χ4v) is 2.67. The highest BCUT2D eigenvalue weighted by Gasteiger charge is 2.20. The third kappa shape index (κ3) is 2.03. The lowest BCUT2D eigenvalue weighted by molar-refractivity contribution is 0.887. The molecule has 1 heterocycles. The Morgan fingerprint density at radius 1 is 1.38 bits per heavy atom. The molecule has 0 radical (unpaired) electrons. The van der Waals surface area contributed by atoms with E-state index >= 15 is 0 Å². The third-order valence-electron chi connectivity index (χ3n) is 2.13. The van der Waals surface area contributed by atoms with Crippen molar-refractivity contribution < 1.29 is 0 Å². The Hall–Kier alpha value is -0.540. The zero-order valence-electron chi connectivity index (χ0n) is 7.41. The highest BCUT2D eigenvalue weighted by molar-refractivity contribution is 8.23. The van der Waals surface area contributed by atoms with Crippen LogP contribution >= 0.6 is 24.0 Å². The molecule has 0 bridgehead atoms. The lowest BCUT2D eigenvalue weighted by atomic mass is 10.1. The number of thiocarbonyl (C=S) groups is 1. The van der Waals surface area contributed by atoms with Crippen LogP contribution in [0.2, 0.25) is 0 Å². The number of nitrogens with one attached hydrogen (secondary N) is 1. The number of hydrogen-bond donors (Lipinski definition) is 1. The van der Waals surface area contributed by atoms with Gasteiger partial charge in [0.05, 0.1) is 5.25 Å². The summed E-state index contributed by atoms with van der Waals surface area (Å²) in [5.74, 6) is 0. The molecule has 2 rings (SSSR count). The second-order valence-corrected chi connectivity index (χ2v) is 5.07. The van der Waals surface area contributed by atoms with Gasteiger partial charge >= 0.3 is 0 Å². The summed E-state index contributed by atoms with van der Waals surface area (Å²) >= 11 is 6.82. The number of thioether (sulfide) groups is 1. The Morgan fingerprint density at radius 3 is 2.62 bits per heavy atom. The van der Waals surface area contributed by atoms with Gasteiger partial charge in [0.15, 0.2) is 0 Å². The molecule has 68 valence electrons. The minimum absolute atomic E-state index is 0.507. The minimum Gasteiger partial charge on any atom is -0.369 e. The molecule has 3 heteroatoms. The lowest BCUT2D eigenvalue weighted by Gasteiger charge is -2.06. The van der Waals surface area contributed by atoms with Gasteiger partial charge < -0.3 is 5.32 Å². The molecule has 1 aliphatic rings. The van der Waals surface area contributed by atoms with E-state index in [0.29, 0.717) is 5.25 Å². The number of rotatable bonds is 1. The first kappa shape index (κ1) is 9.03. The molecule has 0 unspecified atom stereocenters. The molecule has 1 aromatic rings. The van der Waals surface area contributed by atoms with Crippen LogP contribution in [0.5, 0.6) is 0 Å². The summed E-state index contributed by atoms with van der Waals surface area (Å²) in [5.41, 5.74) is 2.67. The molecule has 1 N–H and O–H groups in total. The summed E-state index contributed by atoms with van der Waals surface area (Å²) in [7, 11) is 0. The predicted molar refractivity (Wildman–Crippen MR) is 62.1 cm³/mol. The van der Waals surface area contributed by atoms with E-state index in [4.69, 9.17) is 12.2 Å². The quantitative estimate of drug-likeness (QED) is 0.714. The van der Waals surface area contributed by atoms with Gasteiger partial charge in [-0.15, -0.1) is 0 Å². The molecule has 0 aromatic heterocycles. The normalized spacial score (nSPS) is 21.6. The van der Waals surface area contributed by atoms with E-state index in [2.05, 4.69) is 36.5 Å². The summed E-state index contributed by atoms with van der Waals surface area (Å²) < 4.78 is 0.922. The summed E-state index contributed by atoms with van der Waals surface area (Å²) in [6.07, 6.45) is 0. The summed E-state index contributed by atoms with van der Waals surface area (Å²) in [4.78, 5) is 0. The van der Waals surface area contributed by atoms with Crippen LogP contribution in [0.25, 0.3) is 0 Å². The second-order valence-electron chi connectivity index (χ2n) is 3.19. The van der Waals surface area contributed by atoms with Gasteiger partial charge in [0.1, 0.15) is 4.32 Å². The smallest absolute Gasteiger partial charge is 0.134 e. The van der Waals surface area contributed by atoms with Crippen molar-refractivity contribution in [3.8, 4) is 0 Å². The molecule has 0 spiro atoms. The van der Waals surface area contributed by atoms with Crippen molar-refractivity contribution in [3.05, 3.63) is 35.4 Å². The summed E-state index contributed by atoms with van der Waals surface area (Å²) in [6, 6.07) is 8.67. The first-order valence-electron chi connectivity index (χ1n) is 4.27. The zero-order valence-corrected chi connectivity index (χ0v) is 9.04. The van der Waals surface area contributed by atoms with E-state index in [1.54, 1.807) is 11.8 Å². The summed E-state index contributed by atoms with van der Waals surface area (Å²) in [6.45, 7) is 3.07. The van der Waals surface area contributed by atoms with Crippen molar-refractivity contribution in [1.82, 2.24) is 5.32 Å². The van der Waals surface area contributed by atoms with Gasteiger partial charge in [0, 0.05) is 6.54 Å². The van der Waals surface area contributed by atoms with Crippen molar-refractivity contribution in [2.75, 3.05) is 6.54 Å². The van der Waals surface area contributed by atoms with Gasteiger partial charge in [-0.2, -0.15) is 0 Å². The van der Waals surface area contributed by atoms with E-state index in [1.807, 2.05) is 0 Å². The number of benzene rings is 1. The first-order valence-corrected chi connectivity index (χ1v) is 5.55. The van der Waals surface area contributed by atoms with Crippen LogP contribution in [0.15, 0.2) is 24.3 Å². The Labute approximate surface area is 87.9 Å². The van der Waals surface area contributed by atoms with Gasteiger partial charge in [-0.25, -0.2) is 0 Å². The maximum Gasteiger partial charge on any atom is 0.134 e. The molecule has 1 atom stereocenters. The minimum atomic E-state index is 0.507. The molecule has 0 saturated carbocycles. The van der Waals surface area contributed by atoms with Crippen LogP contribution in [-0.4, -0.2) is 10.9 Å². The van der Waals surface area contributed by atoms with Crippen LogP contribution in [0.4, 0.5) is 0 Å². The highest BCUT2D eigenvalue weighted by Crippen LogP contribution is 2.32. The van der Waals surface area contributed by atoms with Gasteiger partial charge in [0.25, 0.3) is 0 Å². The largest absolute Gasteiger partial charge is 0.369 e. The van der Waals surface area contributed by atoms with Gasteiger partial charge in [-0.1, -0.05) is 53.8 Å². The van der Waals surface area contributed by atoms with Gasteiger partial charge in [-0.05, 0) is 12.5 Å². The number of aryl methyl sites for hydroxylation is 1.